The van der Waals surface area contributed by atoms with Gasteiger partial charge in [-0.3, -0.25) is 14.5 Å². The fourth-order valence-corrected chi connectivity index (χ4v) is 5.26. The number of hydrogen-bond acceptors (Lipinski definition) is 3. The number of Topliss-reactive ketones (excluding diaryl/α,β-unsaturated/α-hetero) is 1. The summed E-state index contributed by atoms with van der Waals surface area (Å²) in [4.78, 5) is 28.3. The molecule has 1 aliphatic heterocycles. The highest BCUT2D eigenvalue weighted by Gasteiger charge is 2.49. The van der Waals surface area contributed by atoms with Gasteiger partial charge in [0.1, 0.15) is 5.25 Å². The number of amides is 1. The van der Waals surface area contributed by atoms with Crippen molar-refractivity contribution in [2.75, 3.05) is 4.90 Å². The van der Waals surface area contributed by atoms with Crippen molar-refractivity contribution in [3.63, 3.8) is 0 Å². The first kappa shape index (κ1) is 21.5. The standard InChI is InChI=1S/C22H13Cl4NO2S/c23-13-6-4-12(5-7-13)19-21(30-16-8-9-17(25)18(26)11-16)20(28)22(29)27(19)15-3-1-2-14(24)10-15/h1-11,19,21H. The van der Waals surface area contributed by atoms with Crippen LogP contribution in [0.1, 0.15) is 11.6 Å². The Balaban J connectivity index is 1.80. The Morgan fingerprint density at radius 1 is 0.767 bits per heavy atom. The highest BCUT2D eigenvalue weighted by molar-refractivity contribution is 8.00. The van der Waals surface area contributed by atoms with E-state index in [0.29, 0.717) is 25.8 Å². The smallest absolute Gasteiger partial charge is 0.296 e. The number of thioether (sulfide) groups is 1. The molecule has 8 heteroatoms. The minimum atomic E-state index is -0.685. The van der Waals surface area contributed by atoms with E-state index in [9.17, 15) is 9.59 Å². The van der Waals surface area contributed by atoms with E-state index in [2.05, 4.69) is 0 Å². The molecule has 0 N–H and O–H groups in total. The molecule has 1 heterocycles. The highest BCUT2D eigenvalue weighted by atomic mass is 35.5. The van der Waals surface area contributed by atoms with Gasteiger partial charge in [-0.25, -0.2) is 0 Å². The number of rotatable bonds is 4. The lowest BCUT2D eigenvalue weighted by atomic mass is 10.0. The van der Waals surface area contributed by atoms with Gasteiger partial charge in [0.2, 0.25) is 5.78 Å². The van der Waals surface area contributed by atoms with Crippen LogP contribution in [0.25, 0.3) is 0 Å². The second-order valence-electron chi connectivity index (χ2n) is 6.63. The fraction of sp³-hybridized carbons (Fsp3) is 0.0909. The summed E-state index contributed by atoms with van der Waals surface area (Å²) in [6.07, 6.45) is 0. The largest absolute Gasteiger partial charge is 0.297 e. The number of halogens is 4. The Morgan fingerprint density at radius 2 is 1.50 bits per heavy atom. The first-order valence-corrected chi connectivity index (χ1v) is 11.2. The van der Waals surface area contributed by atoms with Crippen LogP contribution in [0.2, 0.25) is 20.1 Å². The molecule has 0 spiro atoms. The Bertz CT molecular complexity index is 1140. The van der Waals surface area contributed by atoms with Gasteiger partial charge in [-0.05, 0) is 54.1 Å². The second kappa shape index (κ2) is 8.81. The van der Waals surface area contributed by atoms with Crippen molar-refractivity contribution in [1.29, 1.82) is 0 Å². The predicted octanol–water partition coefficient (Wildman–Crippen LogP) is 7.12. The van der Waals surface area contributed by atoms with Crippen LogP contribution in [-0.4, -0.2) is 16.9 Å². The molecule has 3 aromatic rings. The van der Waals surface area contributed by atoms with E-state index in [1.807, 2.05) is 12.1 Å². The maximum absolute atomic E-state index is 13.1. The van der Waals surface area contributed by atoms with Gasteiger partial charge in [-0.2, -0.15) is 0 Å². The topological polar surface area (TPSA) is 37.4 Å². The normalized spacial score (nSPS) is 18.9. The molecule has 1 saturated heterocycles. The molecule has 0 radical (unpaired) electrons. The molecular formula is C22H13Cl4NO2S. The van der Waals surface area contributed by atoms with Crippen LogP contribution in [0.3, 0.4) is 0 Å². The van der Waals surface area contributed by atoms with Gasteiger partial charge in [-0.15, -0.1) is 11.8 Å². The molecule has 1 amide bonds. The van der Waals surface area contributed by atoms with Gasteiger partial charge in [0.25, 0.3) is 5.91 Å². The van der Waals surface area contributed by atoms with Crippen LogP contribution in [0.5, 0.6) is 0 Å². The summed E-state index contributed by atoms with van der Waals surface area (Å²) in [6, 6.07) is 18.6. The van der Waals surface area contributed by atoms with Gasteiger partial charge < -0.3 is 0 Å². The predicted molar refractivity (Wildman–Crippen MR) is 124 cm³/mol. The lowest BCUT2D eigenvalue weighted by molar-refractivity contribution is -0.133. The average Bonchev–Trinajstić information content (AvgIpc) is 2.96. The van der Waals surface area contributed by atoms with Crippen molar-refractivity contribution in [1.82, 2.24) is 0 Å². The molecule has 152 valence electrons. The summed E-state index contributed by atoms with van der Waals surface area (Å²) in [5, 5.41) is 1.16. The van der Waals surface area contributed by atoms with Crippen LogP contribution < -0.4 is 4.90 Å². The Morgan fingerprint density at radius 3 is 2.17 bits per heavy atom. The molecule has 0 aliphatic carbocycles. The number of hydrogen-bond donors (Lipinski definition) is 0. The van der Waals surface area contributed by atoms with Crippen LogP contribution in [0.15, 0.2) is 71.6 Å². The highest BCUT2D eigenvalue weighted by Crippen LogP contribution is 2.45. The molecule has 4 rings (SSSR count). The maximum Gasteiger partial charge on any atom is 0.296 e. The van der Waals surface area contributed by atoms with Crippen LogP contribution in [0, 0.1) is 0 Å². The summed E-state index contributed by atoms with van der Waals surface area (Å²) in [5.74, 6) is -1.08. The Labute approximate surface area is 197 Å². The van der Waals surface area contributed by atoms with E-state index >= 15 is 0 Å². The van der Waals surface area contributed by atoms with Crippen molar-refractivity contribution in [3.8, 4) is 0 Å². The van der Waals surface area contributed by atoms with Crippen molar-refractivity contribution < 1.29 is 9.59 Å². The van der Waals surface area contributed by atoms with Crippen LogP contribution in [0.4, 0.5) is 5.69 Å². The minimum absolute atomic E-state index is 0.383. The van der Waals surface area contributed by atoms with Gasteiger partial charge in [0, 0.05) is 20.6 Å². The molecule has 2 atom stereocenters. The maximum atomic E-state index is 13.1. The zero-order valence-corrected chi connectivity index (χ0v) is 19.0. The van der Waals surface area contributed by atoms with E-state index in [1.54, 1.807) is 54.6 Å². The van der Waals surface area contributed by atoms with Gasteiger partial charge in [0.05, 0.1) is 16.1 Å². The van der Waals surface area contributed by atoms with Gasteiger partial charge in [0.15, 0.2) is 0 Å². The first-order valence-electron chi connectivity index (χ1n) is 8.85. The number of anilines is 1. The van der Waals surface area contributed by atoms with Crippen molar-refractivity contribution in [2.45, 2.75) is 16.2 Å². The molecule has 30 heavy (non-hydrogen) atoms. The third-order valence-corrected chi connectivity index (χ3v) is 7.18. The van der Waals surface area contributed by atoms with E-state index < -0.39 is 23.0 Å². The zero-order chi connectivity index (χ0) is 21.4. The summed E-state index contributed by atoms with van der Waals surface area (Å²) in [5.41, 5.74) is 1.34. The molecule has 2 unspecified atom stereocenters. The number of carbonyl (C=O) groups excluding carboxylic acids is 2. The number of ketones is 1. The molecular weight excluding hydrogens is 484 g/mol. The zero-order valence-electron chi connectivity index (χ0n) is 15.2. The number of benzene rings is 3. The fourth-order valence-electron chi connectivity index (χ4n) is 3.35. The Hall–Kier alpha value is -1.69. The Kier molecular flexibility index (Phi) is 6.33. The van der Waals surface area contributed by atoms with E-state index in [-0.39, 0.29) is 0 Å². The lowest BCUT2D eigenvalue weighted by Crippen LogP contribution is -2.29. The molecule has 0 bridgehead atoms. The van der Waals surface area contributed by atoms with Gasteiger partial charge >= 0.3 is 0 Å². The van der Waals surface area contributed by atoms with Gasteiger partial charge in [-0.1, -0.05) is 64.6 Å². The summed E-state index contributed by atoms with van der Waals surface area (Å²) in [6.45, 7) is 0. The molecule has 1 aliphatic rings. The third-order valence-electron chi connectivity index (χ3n) is 4.70. The number of carbonyl (C=O) groups is 2. The van der Waals surface area contributed by atoms with Crippen molar-refractivity contribution in [2.24, 2.45) is 0 Å². The van der Waals surface area contributed by atoms with Crippen LogP contribution in [-0.2, 0) is 9.59 Å². The molecule has 1 fully saturated rings. The first-order chi connectivity index (χ1) is 14.3. The summed E-state index contributed by atoms with van der Waals surface area (Å²) < 4.78 is 0. The molecule has 3 nitrogen and oxygen atoms in total. The second-order valence-corrected chi connectivity index (χ2v) is 9.53. The quantitative estimate of drug-likeness (QED) is 0.361. The van der Waals surface area contributed by atoms with E-state index in [4.69, 9.17) is 46.4 Å². The lowest BCUT2D eigenvalue weighted by Gasteiger charge is -2.27. The molecule has 0 aromatic heterocycles. The minimum Gasteiger partial charge on any atom is -0.297 e. The summed E-state index contributed by atoms with van der Waals surface area (Å²) in [7, 11) is 0. The monoisotopic (exact) mass is 495 g/mol. The molecule has 3 aromatic carbocycles. The van der Waals surface area contributed by atoms with Crippen LogP contribution >= 0.6 is 58.2 Å². The molecule has 0 saturated carbocycles. The number of nitrogens with zero attached hydrogens (tertiary/aromatic N) is 1. The third kappa shape index (κ3) is 4.20. The van der Waals surface area contributed by atoms with E-state index in [1.165, 1.54) is 16.7 Å². The van der Waals surface area contributed by atoms with Crippen molar-refractivity contribution in [3.05, 3.63) is 92.4 Å². The average molecular weight is 497 g/mol. The van der Waals surface area contributed by atoms with Crippen molar-refractivity contribution >= 4 is 75.5 Å². The summed E-state index contributed by atoms with van der Waals surface area (Å²) >= 11 is 25.6. The van der Waals surface area contributed by atoms with E-state index in [0.717, 1.165) is 10.5 Å². The SMILES string of the molecule is O=C1C(=O)N(c2cccc(Cl)c2)C(c2ccc(Cl)cc2)C1Sc1ccc(Cl)c(Cl)c1.